The molecule has 1 fully saturated rings. The van der Waals surface area contributed by atoms with E-state index >= 15 is 0 Å². The van der Waals surface area contributed by atoms with E-state index in [1.54, 1.807) is 0 Å². The fraction of sp³-hybridized carbons (Fsp3) is 0.476. The normalized spacial score (nSPS) is 16.5. The molecule has 142 valence electrons. The number of rotatable bonds is 4. The lowest BCUT2D eigenvalue weighted by atomic mass is 10.0. The maximum Gasteiger partial charge on any atom is 0.191 e. The molecule has 2 N–H and O–H groups in total. The Hall–Kier alpha value is -1.34. The molecule has 2 aromatic rings. The first-order valence-electron chi connectivity index (χ1n) is 9.34. The second kappa shape index (κ2) is 10.1. The summed E-state index contributed by atoms with van der Waals surface area (Å²) in [6.07, 6.45) is 2.35. The summed E-state index contributed by atoms with van der Waals surface area (Å²) in [7, 11) is 1.85. The summed E-state index contributed by atoms with van der Waals surface area (Å²) in [5.41, 5.74) is 1.27. The number of piperidine rings is 1. The zero-order valence-electron chi connectivity index (χ0n) is 16.0. The Labute approximate surface area is 174 Å². The molecule has 1 heterocycles. The van der Waals surface area contributed by atoms with Gasteiger partial charge in [-0.15, -0.1) is 24.0 Å². The highest BCUT2D eigenvalue weighted by Gasteiger charge is 2.21. The number of halogens is 1. The van der Waals surface area contributed by atoms with Crippen molar-refractivity contribution in [2.24, 2.45) is 4.99 Å². The lowest BCUT2D eigenvalue weighted by molar-refractivity contribution is 0.167. The predicted octanol–water partition coefficient (Wildman–Crippen LogP) is 4.00. The third-order valence-electron chi connectivity index (χ3n) is 5.10. The third-order valence-corrected chi connectivity index (χ3v) is 5.10. The SMILES string of the molecule is CN=C(NCc1ccc2ccccc2c1)NC1CCN(C(C)C)CC1.I. The molecule has 5 heteroatoms. The molecule has 0 bridgehead atoms. The molecule has 1 aliphatic rings. The van der Waals surface area contributed by atoms with E-state index in [1.165, 1.54) is 29.2 Å². The molecule has 1 saturated heterocycles. The zero-order chi connectivity index (χ0) is 17.6. The highest BCUT2D eigenvalue weighted by atomic mass is 127. The van der Waals surface area contributed by atoms with Gasteiger partial charge in [-0.3, -0.25) is 4.99 Å². The maximum atomic E-state index is 4.39. The summed E-state index contributed by atoms with van der Waals surface area (Å²) < 4.78 is 0. The number of hydrogen-bond acceptors (Lipinski definition) is 2. The van der Waals surface area contributed by atoms with Crippen molar-refractivity contribution >= 4 is 40.7 Å². The minimum atomic E-state index is 0. The maximum absolute atomic E-state index is 4.39. The van der Waals surface area contributed by atoms with Crippen molar-refractivity contribution in [3.8, 4) is 0 Å². The first-order valence-corrected chi connectivity index (χ1v) is 9.34. The largest absolute Gasteiger partial charge is 0.354 e. The van der Waals surface area contributed by atoms with Gasteiger partial charge in [-0.2, -0.15) is 0 Å². The summed E-state index contributed by atoms with van der Waals surface area (Å²) in [5, 5.41) is 9.61. The quantitative estimate of drug-likeness (QED) is 0.407. The topological polar surface area (TPSA) is 39.7 Å². The van der Waals surface area contributed by atoms with Crippen LogP contribution in [-0.4, -0.2) is 43.1 Å². The van der Waals surface area contributed by atoms with Crippen molar-refractivity contribution in [1.29, 1.82) is 0 Å². The van der Waals surface area contributed by atoms with Gasteiger partial charge in [-0.25, -0.2) is 0 Å². The fourth-order valence-electron chi connectivity index (χ4n) is 3.48. The lowest BCUT2D eigenvalue weighted by Crippen LogP contribution is -2.49. The summed E-state index contributed by atoms with van der Waals surface area (Å²) in [6, 6.07) is 16.2. The van der Waals surface area contributed by atoms with Crippen LogP contribution in [0.4, 0.5) is 0 Å². The van der Waals surface area contributed by atoms with Crippen molar-refractivity contribution in [3.63, 3.8) is 0 Å². The summed E-state index contributed by atoms with van der Waals surface area (Å²) >= 11 is 0. The van der Waals surface area contributed by atoms with Gasteiger partial charge in [0, 0.05) is 38.8 Å². The van der Waals surface area contributed by atoms with Gasteiger partial charge in [-0.1, -0.05) is 36.4 Å². The summed E-state index contributed by atoms with van der Waals surface area (Å²) in [6.45, 7) is 7.67. The lowest BCUT2D eigenvalue weighted by Gasteiger charge is -2.35. The van der Waals surface area contributed by atoms with Gasteiger partial charge >= 0.3 is 0 Å². The minimum absolute atomic E-state index is 0. The van der Waals surface area contributed by atoms with E-state index in [0.717, 1.165) is 25.6 Å². The van der Waals surface area contributed by atoms with E-state index in [4.69, 9.17) is 0 Å². The van der Waals surface area contributed by atoms with E-state index in [1.807, 2.05) is 7.05 Å². The van der Waals surface area contributed by atoms with E-state index in [9.17, 15) is 0 Å². The van der Waals surface area contributed by atoms with E-state index in [2.05, 4.69) is 76.8 Å². The Bertz CT molecular complexity index is 721. The number of guanidine groups is 1. The zero-order valence-corrected chi connectivity index (χ0v) is 18.4. The second-order valence-electron chi connectivity index (χ2n) is 7.16. The van der Waals surface area contributed by atoms with Gasteiger partial charge in [0.2, 0.25) is 0 Å². The number of nitrogens with zero attached hydrogens (tertiary/aromatic N) is 2. The minimum Gasteiger partial charge on any atom is -0.354 e. The predicted molar refractivity (Wildman–Crippen MR) is 122 cm³/mol. The Morgan fingerprint density at radius 3 is 2.46 bits per heavy atom. The number of nitrogens with one attached hydrogen (secondary N) is 2. The van der Waals surface area contributed by atoms with Crippen LogP contribution in [0, 0.1) is 0 Å². The monoisotopic (exact) mass is 466 g/mol. The number of fused-ring (bicyclic) bond motifs is 1. The molecule has 2 aromatic carbocycles. The van der Waals surface area contributed by atoms with Gasteiger partial charge in [0.05, 0.1) is 0 Å². The molecule has 0 saturated carbocycles. The van der Waals surface area contributed by atoms with E-state index < -0.39 is 0 Å². The average Bonchev–Trinajstić information content (AvgIpc) is 2.65. The van der Waals surface area contributed by atoms with Crippen molar-refractivity contribution in [3.05, 3.63) is 48.0 Å². The van der Waals surface area contributed by atoms with Crippen LogP contribution in [0.5, 0.6) is 0 Å². The van der Waals surface area contributed by atoms with Crippen LogP contribution < -0.4 is 10.6 Å². The number of likely N-dealkylation sites (tertiary alicyclic amines) is 1. The molecular formula is C21H31IN4. The second-order valence-corrected chi connectivity index (χ2v) is 7.16. The molecule has 0 aliphatic carbocycles. The van der Waals surface area contributed by atoms with E-state index in [-0.39, 0.29) is 24.0 Å². The van der Waals surface area contributed by atoms with Crippen LogP contribution in [-0.2, 0) is 6.54 Å². The fourth-order valence-corrected chi connectivity index (χ4v) is 3.48. The molecule has 0 aromatic heterocycles. The molecule has 0 amide bonds. The highest BCUT2D eigenvalue weighted by Crippen LogP contribution is 2.16. The van der Waals surface area contributed by atoms with Crippen molar-refractivity contribution in [2.45, 2.75) is 45.3 Å². The Balaban J connectivity index is 0.00000243. The molecule has 0 spiro atoms. The van der Waals surface area contributed by atoms with Crippen LogP contribution in [0.25, 0.3) is 10.8 Å². The van der Waals surface area contributed by atoms with Gasteiger partial charge in [-0.05, 0) is 49.1 Å². The van der Waals surface area contributed by atoms with E-state index in [0.29, 0.717) is 12.1 Å². The van der Waals surface area contributed by atoms with Crippen molar-refractivity contribution < 1.29 is 0 Å². The first-order chi connectivity index (χ1) is 12.2. The standard InChI is InChI=1S/C21H30N4.HI/c1-16(2)25-12-10-20(11-13-25)24-21(22-3)23-15-17-8-9-18-6-4-5-7-19(18)14-17;/h4-9,14,16,20H,10-13,15H2,1-3H3,(H2,22,23,24);1H. The van der Waals surface area contributed by atoms with Gasteiger partial charge in [0.1, 0.15) is 0 Å². The number of aliphatic imine (C=N–C) groups is 1. The van der Waals surface area contributed by atoms with Crippen LogP contribution >= 0.6 is 24.0 Å². The van der Waals surface area contributed by atoms with Gasteiger partial charge in [0.25, 0.3) is 0 Å². The smallest absolute Gasteiger partial charge is 0.191 e. The summed E-state index contributed by atoms with van der Waals surface area (Å²) in [5.74, 6) is 0.899. The molecule has 0 radical (unpaired) electrons. The molecule has 26 heavy (non-hydrogen) atoms. The number of hydrogen-bond donors (Lipinski definition) is 2. The molecule has 1 aliphatic heterocycles. The van der Waals surface area contributed by atoms with Crippen LogP contribution in [0.15, 0.2) is 47.5 Å². The molecule has 3 rings (SSSR count). The Morgan fingerprint density at radius 1 is 1.12 bits per heavy atom. The Morgan fingerprint density at radius 2 is 1.81 bits per heavy atom. The first kappa shape index (κ1) is 21.0. The molecule has 4 nitrogen and oxygen atoms in total. The Kier molecular flexibility index (Phi) is 8.15. The molecular weight excluding hydrogens is 435 g/mol. The van der Waals surface area contributed by atoms with Crippen LogP contribution in [0.1, 0.15) is 32.3 Å². The van der Waals surface area contributed by atoms with Gasteiger partial charge in [0.15, 0.2) is 5.96 Å². The molecule has 0 atom stereocenters. The third kappa shape index (κ3) is 5.58. The van der Waals surface area contributed by atoms with Crippen LogP contribution in [0.3, 0.4) is 0 Å². The van der Waals surface area contributed by atoms with Crippen molar-refractivity contribution in [2.75, 3.05) is 20.1 Å². The molecule has 0 unspecified atom stereocenters. The highest BCUT2D eigenvalue weighted by molar-refractivity contribution is 14.0. The summed E-state index contributed by atoms with van der Waals surface area (Å²) in [4.78, 5) is 6.94. The number of benzene rings is 2. The van der Waals surface area contributed by atoms with Crippen LogP contribution in [0.2, 0.25) is 0 Å². The van der Waals surface area contributed by atoms with Crippen molar-refractivity contribution in [1.82, 2.24) is 15.5 Å². The van der Waals surface area contributed by atoms with Gasteiger partial charge < -0.3 is 15.5 Å². The average molecular weight is 466 g/mol.